The van der Waals surface area contributed by atoms with E-state index in [1.807, 2.05) is 0 Å². The summed E-state index contributed by atoms with van der Waals surface area (Å²) in [7, 11) is -2.76. The molecule has 1 atom stereocenters. The van der Waals surface area contributed by atoms with Crippen molar-refractivity contribution in [3.63, 3.8) is 0 Å². The third-order valence-electron chi connectivity index (χ3n) is 4.62. The van der Waals surface area contributed by atoms with Crippen LogP contribution in [0.15, 0.2) is 18.2 Å². The largest absolute Gasteiger partial charge is 0.381 e. The Morgan fingerprint density at radius 3 is 2.64 bits per heavy atom. The van der Waals surface area contributed by atoms with Crippen LogP contribution in [-0.2, 0) is 15.6 Å². The minimum Gasteiger partial charge on any atom is -0.381 e. The van der Waals surface area contributed by atoms with Gasteiger partial charge in [0, 0.05) is 45.0 Å². The third kappa shape index (κ3) is 4.84. The molecule has 0 bridgehead atoms. The van der Waals surface area contributed by atoms with Crippen LogP contribution in [-0.4, -0.2) is 70.1 Å². The Kier molecular flexibility index (Phi) is 6.16. The minimum absolute atomic E-state index is 0.119. The average molecular weight is 388 g/mol. The summed E-state index contributed by atoms with van der Waals surface area (Å²) in [6, 6.07) is 4.56. The number of halogens is 1. The number of piperazine rings is 1. The molecule has 2 saturated heterocycles. The van der Waals surface area contributed by atoms with Crippen molar-refractivity contribution in [1.82, 2.24) is 9.80 Å². The van der Waals surface area contributed by atoms with Crippen LogP contribution in [0.1, 0.15) is 16.8 Å². The Balaban J connectivity index is 1.56. The minimum atomic E-state index is -2.76. The topological polar surface area (TPSA) is 79.0 Å². The SMILES string of the molecule is O=C(c1ccc(N[SH](=O)=O)cc1Cl)N1CCN(CC2CCOC2)CC1. The molecule has 0 spiro atoms. The van der Waals surface area contributed by atoms with Gasteiger partial charge in [-0.15, -0.1) is 0 Å². The van der Waals surface area contributed by atoms with E-state index in [0.717, 1.165) is 39.3 Å². The molecule has 1 unspecified atom stereocenters. The monoisotopic (exact) mass is 387 g/mol. The molecule has 1 amide bonds. The van der Waals surface area contributed by atoms with Gasteiger partial charge in [-0.25, -0.2) is 8.42 Å². The van der Waals surface area contributed by atoms with E-state index in [0.29, 0.717) is 30.3 Å². The standard InChI is InChI=1S/C16H22ClN3O4S/c17-15-9-13(18-25(22)23)1-2-14(15)16(21)20-6-4-19(5-7-20)10-12-3-8-24-11-12/h1-2,9,12,25H,3-8,10-11H2,(H,18,22,23). The summed E-state index contributed by atoms with van der Waals surface area (Å²) in [5, 5.41) is 0.248. The lowest BCUT2D eigenvalue weighted by Gasteiger charge is -2.35. The van der Waals surface area contributed by atoms with Crippen molar-refractivity contribution in [1.29, 1.82) is 0 Å². The van der Waals surface area contributed by atoms with Crippen LogP contribution in [0.3, 0.4) is 0 Å². The number of ether oxygens (including phenoxy) is 1. The first-order chi connectivity index (χ1) is 12.0. The zero-order valence-electron chi connectivity index (χ0n) is 13.8. The predicted octanol–water partition coefficient (Wildman–Crippen LogP) is 1.07. The third-order valence-corrected chi connectivity index (χ3v) is 5.37. The first-order valence-electron chi connectivity index (χ1n) is 8.33. The Bertz CT molecular complexity index is 691. The molecule has 1 aromatic carbocycles. The lowest BCUT2D eigenvalue weighted by Crippen LogP contribution is -2.49. The number of rotatable bonds is 5. The molecule has 25 heavy (non-hydrogen) atoms. The lowest BCUT2D eigenvalue weighted by atomic mass is 10.1. The van der Waals surface area contributed by atoms with Crippen LogP contribution in [0.25, 0.3) is 0 Å². The first-order valence-corrected chi connectivity index (χ1v) is 9.88. The summed E-state index contributed by atoms with van der Waals surface area (Å²) < 4.78 is 29.1. The lowest BCUT2D eigenvalue weighted by molar-refractivity contribution is 0.0611. The molecule has 3 rings (SSSR count). The summed E-state index contributed by atoms with van der Waals surface area (Å²) in [5.74, 6) is 0.483. The zero-order valence-corrected chi connectivity index (χ0v) is 15.5. The molecule has 0 radical (unpaired) electrons. The Hall–Kier alpha value is -1.35. The number of nitrogens with zero attached hydrogens (tertiary/aromatic N) is 2. The molecule has 2 heterocycles. The molecule has 2 aliphatic heterocycles. The maximum absolute atomic E-state index is 12.7. The van der Waals surface area contributed by atoms with E-state index in [1.54, 1.807) is 17.0 Å². The van der Waals surface area contributed by atoms with E-state index in [9.17, 15) is 13.2 Å². The highest BCUT2D eigenvalue weighted by Gasteiger charge is 2.26. The van der Waals surface area contributed by atoms with Gasteiger partial charge in [0.2, 0.25) is 10.9 Å². The number of benzene rings is 1. The molecule has 0 aliphatic carbocycles. The molecule has 7 nitrogen and oxygen atoms in total. The number of thiol groups is 1. The van der Waals surface area contributed by atoms with E-state index in [1.165, 1.54) is 6.07 Å². The number of carbonyl (C=O) groups excluding carboxylic acids is 1. The number of anilines is 1. The quantitative estimate of drug-likeness (QED) is 0.739. The number of amides is 1. The molecule has 2 fully saturated rings. The summed E-state index contributed by atoms with van der Waals surface area (Å²) in [4.78, 5) is 16.8. The molecule has 0 saturated carbocycles. The molecular formula is C16H22ClN3O4S. The van der Waals surface area contributed by atoms with Crippen LogP contribution in [0, 0.1) is 5.92 Å². The number of hydrogen-bond donors (Lipinski definition) is 2. The van der Waals surface area contributed by atoms with Crippen LogP contribution in [0.4, 0.5) is 5.69 Å². The molecule has 2 aliphatic rings. The van der Waals surface area contributed by atoms with Gasteiger partial charge in [0.15, 0.2) is 0 Å². The highest BCUT2D eigenvalue weighted by Crippen LogP contribution is 2.23. The van der Waals surface area contributed by atoms with Crippen molar-refractivity contribution in [2.75, 3.05) is 50.7 Å². The Morgan fingerprint density at radius 1 is 1.28 bits per heavy atom. The van der Waals surface area contributed by atoms with E-state index >= 15 is 0 Å². The number of carbonyl (C=O) groups is 1. The first kappa shape index (κ1) is 18.4. The molecule has 1 aromatic rings. The van der Waals surface area contributed by atoms with Gasteiger partial charge in [-0.2, -0.15) is 0 Å². The molecule has 1 N–H and O–H groups in total. The molecular weight excluding hydrogens is 366 g/mol. The van der Waals surface area contributed by atoms with Gasteiger partial charge in [-0.3, -0.25) is 14.4 Å². The second kappa shape index (κ2) is 8.35. The highest BCUT2D eigenvalue weighted by atomic mass is 35.5. The summed E-state index contributed by atoms with van der Waals surface area (Å²) in [6.07, 6.45) is 1.12. The van der Waals surface area contributed by atoms with E-state index in [4.69, 9.17) is 16.3 Å². The Morgan fingerprint density at radius 2 is 2.04 bits per heavy atom. The van der Waals surface area contributed by atoms with Gasteiger partial charge in [0.1, 0.15) is 0 Å². The highest BCUT2D eigenvalue weighted by molar-refractivity contribution is 7.73. The van der Waals surface area contributed by atoms with E-state index in [-0.39, 0.29) is 10.9 Å². The van der Waals surface area contributed by atoms with Gasteiger partial charge < -0.3 is 9.64 Å². The van der Waals surface area contributed by atoms with Crippen molar-refractivity contribution in [2.24, 2.45) is 5.92 Å². The molecule has 0 aromatic heterocycles. The second-order valence-electron chi connectivity index (χ2n) is 6.39. The number of hydrogen-bond acceptors (Lipinski definition) is 5. The van der Waals surface area contributed by atoms with Crippen molar-refractivity contribution in [3.8, 4) is 0 Å². The van der Waals surface area contributed by atoms with Crippen LogP contribution in [0.5, 0.6) is 0 Å². The van der Waals surface area contributed by atoms with E-state index < -0.39 is 10.9 Å². The maximum Gasteiger partial charge on any atom is 0.255 e. The average Bonchev–Trinajstić information content (AvgIpc) is 3.07. The molecule has 138 valence electrons. The van der Waals surface area contributed by atoms with Crippen molar-refractivity contribution in [3.05, 3.63) is 28.8 Å². The second-order valence-corrected chi connectivity index (χ2v) is 7.53. The fourth-order valence-electron chi connectivity index (χ4n) is 3.26. The van der Waals surface area contributed by atoms with Crippen LogP contribution >= 0.6 is 11.6 Å². The van der Waals surface area contributed by atoms with Crippen molar-refractivity contribution in [2.45, 2.75) is 6.42 Å². The molecule has 9 heteroatoms. The summed E-state index contributed by atoms with van der Waals surface area (Å²) in [6.45, 7) is 5.73. The van der Waals surface area contributed by atoms with Crippen LogP contribution in [0.2, 0.25) is 5.02 Å². The number of nitrogens with one attached hydrogen (secondary N) is 1. The van der Waals surface area contributed by atoms with Gasteiger partial charge in [-0.05, 0) is 30.5 Å². The van der Waals surface area contributed by atoms with Gasteiger partial charge in [0.25, 0.3) is 5.91 Å². The van der Waals surface area contributed by atoms with Gasteiger partial charge >= 0.3 is 0 Å². The van der Waals surface area contributed by atoms with Gasteiger partial charge in [0.05, 0.1) is 17.2 Å². The van der Waals surface area contributed by atoms with Crippen molar-refractivity contribution < 1.29 is 17.9 Å². The maximum atomic E-state index is 12.7. The normalized spacial score (nSPS) is 21.7. The Labute approximate surface area is 154 Å². The fourth-order valence-corrected chi connectivity index (χ4v) is 3.87. The fraction of sp³-hybridized carbons (Fsp3) is 0.562. The van der Waals surface area contributed by atoms with Crippen LogP contribution < -0.4 is 4.72 Å². The zero-order chi connectivity index (χ0) is 17.8. The predicted molar refractivity (Wildman–Crippen MR) is 96.7 cm³/mol. The summed E-state index contributed by atoms with van der Waals surface area (Å²) in [5.41, 5.74) is 0.743. The summed E-state index contributed by atoms with van der Waals surface area (Å²) >= 11 is 6.16. The van der Waals surface area contributed by atoms with Gasteiger partial charge in [-0.1, -0.05) is 11.6 Å². The smallest absolute Gasteiger partial charge is 0.255 e. The van der Waals surface area contributed by atoms with Crippen molar-refractivity contribution >= 4 is 34.1 Å². The van der Waals surface area contributed by atoms with E-state index in [2.05, 4.69) is 9.62 Å².